The molecule has 3 aliphatic heterocycles. The van der Waals surface area contributed by atoms with Crippen molar-refractivity contribution in [1.29, 1.82) is 0 Å². The highest BCUT2D eigenvalue weighted by Gasteiger charge is 2.45. The molecule has 1 aromatic carbocycles. The molecule has 2 saturated heterocycles. The number of amides is 1. The summed E-state index contributed by atoms with van der Waals surface area (Å²) >= 11 is 0. The maximum Gasteiger partial charge on any atom is 0.475 e. The van der Waals surface area contributed by atoms with Gasteiger partial charge in [-0.2, -0.15) is 0 Å². The number of aryl methyl sites for hydroxylation is 1. The summed E-state index contributed by atoms with van der Waals surface area (Å²) in [6, 6.07) is 5.98. The van der Waals surface area contributed by atoms with Crippen molar-refractivity contribution in [2.75, 3.05) is 6.61 Å². The van der Waals surface area contributed by atoms with E-state index < -0.39 is 13.1 Å². The Morgan fingerprint density at radius 3 is 2.92 bits per heavy atom. The van der Waals surface area contributed by atoms with Gasteiger partial charge in [0.2, 0.25) is 5.91 Å². The quantitative estimate of drug-likeness (QED) is 0.691. The number of hydrogen-bond donors (Lipinski definition) is 3. The van der Waals surface area contributed by atoms with Crippen LogP contribution in [0.1, 0.15) is 42.7 Å². The van der Waals surface area contributed by atoms with Gasteiger partial charge in [0, 0.05) is 11.5 Å². The molecule has 0 saturated carbocycles. The zero-order chi connectivity index (χ0) is 17.6. The minimum Gasteiger partial charge on any atom is -0.492 e. The highest BCUT2D eigenvalue weighted by atomic mass is 16.5. The predicted molar refractivity (Wildman–Crippen MR) is 92.2 cm³/mol. The van der Waals surface area contributed by atoms with Gasteiger partial charge in [0.05, 0.1) is 30.7 Å². The topological polar surface area (TPSA) is 88.0 Å². The van der Waals surface area contributed by atoms with Crippen molar-refractivity contribution >= 4 is 13.0 Å². The van der Waals surface area contributed by atoms with Crippen molar-refractivity contribution < 1.29 is 24.3 Å². The monoisotopic (exact) mass is 345 g/mol. The molecule has 1 amide bonds. The van der Waals surface area contributed by atoms with Gasteiger partial charge in [-0.3, -0.25) is 4.79 Å². The second kappa shape index (κ2) is 6.63. The summed E-state index contributed by atoms with van der Waals surface area (Å²) in [6.07, 6.45) is 3.28. The van der Waals surface area contributed by atoms with Crippen molar-refractivity contribution in [1.82, 2.24) is 5.32 Å². The molecular formula is C18H24BNO5. The molecule has 0 radical (unpaired) electrons. The molecule has 0 aliphatic carbocycles. The molecule has 25 heavy (non-hydrogen) atoms. The first-order valence-electron chi connectivity index (χ1n) is 9.07. The zero-order valence-corrected chi connectivity index (χ0v) is 14.4. The van der Waals surface area contributed by atoms with Gasteiger partial charge >= 0.3 is 7.12 Å². The van der Waals surface area contributed by atoms with Crippen molar-refractivity contribution in [2.45, 2.75) is 56.7 Å². The lowest BCUT2D eigenvalue weighted by molar-refractivity contribution is -0.127. The molecule has 3 N–H and O–H groups in total. The van der Waals surface area contributed by atoms with Gasteiger partial charge in [-0.15, -0.1) is 0 Å². The van der Waals surface area contributed by atoms with E-state index >= 15 is 0 Å². The molecule has 6 nitrogen and oxygen atoms in total. The Balaban J connectivity index is 1.43. The largest absolute Gasteiger partial charge is 0.492 e. The van der Waals surface area contributed by atoms with Crippen molar-refractivity contribution in [3.8, 4) is 5.75 Å². The van der Waals surface area contributed by atoms with E-state index in [0.29, 0.717) is 13.0 Å². The Labute approximate surface area is 147 Å². The van der Waals surface area contributed by atoms with E-state index in [-0.39, 0.29) is 30.0 Å². The maximum atomic E-state index is 12.6. The molecule has 2 bridgehead atoms. The highest BCUT2D eigenvalue weighted by molar-refractivity contribution is 6.43. The number of carbonyl (C=O) groups excluding carboxylic acids is 1. The summed E-state index contributed by atoms with van der Waals surface area (Å²) in [5, 5.41) is 22.4. The Bertz CT molecular complexity index is 667. The third kappa shape index (κ3) is 3.16. The predicted octanol–water partition coefficient (Wildman–Crippen LogP) is 0.925. The molecule has 134 valence electrons. The lowest BCUT2D eigenvalue weighted by Crippen LogP contribution is -2.50. The third-order valence-electron chi connectivity index (χ3n) is 5.78. The van der Waals surface area contributed by atoms with Gasteiger partial charge in [0.1, 0.15) is 5.75 Å². The van der Waals surface area contributed by atoms with Crippen LogP contribution in [0, 0.1) is 12.8 Å². The van der Waals surface area contributed by atoms with Gasteiger partial charge in [-0.1, -0.05) is 18.2 Å². The summed E-state index contributed by atoms with van der Waals surface area (Å²) in [7, 11) is -1.60. The van der Waals surface area contributed by atoms with Crippen LogP contribution in [0.2, 0.25) is 0 Å². The number of hydrogen-bond acceptors (Lipinski definition) is 5. The van der Waals surface area contributed by atoms with Crippen LogP contribution >= 0.6 is 0 Å². The van der Waals surface area contributed by atoms with Gasteiger partial charge < -0.3 is 24.8 Å². The average Bonchev–Trinajstić information content (AvgIpc) is 3.30. The Kier molecular flexibility index (Phi) is 4.48. The van der Waals surface area contributed by atoms with Gasteiger partial charge in [-0.05, 0) is 38.2 Å². The molecule has 1 unspecified atom stereocenters. The minimum atomic E-state index is -1.60. The van der Waals surface area contributed by atoms with Gasteiger partial charge in [-0.25, -0.2) is 0 Å². The molecular weight excluding hydrogens is 321 g/mol. The molecule has 7 heteroatoms. The van der Waals surface area contributed by atoms with Crippen molar-refractivity contribution in [2.24, 2.45) is 5.92 Å². The second-order valence-corrected chi connectivity index (χ2v) is 7.48. The maximum absolute atomic E-state index is 12.6. The average molecular weight is 345 g/mol. The highest BCUT2D eigenvalue weighted by Crippen LogP contribution is 2.40. The van der Waals surface area contributed by atoms with Crippen LogP contribution < -0.4 is 10.1 Å². The van der Waals surface area contributed by atoms with Crippen molar-refractivity contribution in [3.63, 3.8) is 0 Å². The molecule has 4 rings (SSSR count). The number of rotatable bonds is 5. The van der Waals surface area contributed by atoms with E-state index in [0.717, 1.165) is 36.1 Å². The number of benzene rings is 1. The molecule has 3 aliphatic rings. The SMILES string of the molecule is Cc1cccc2c1OC[C@@H]2C[C@H](NC(=O)C1C[C@H]2CC[C@@H]1O2)B(O)O. The second-order valence-electron chi connectivity index (χ2n) is 7.48. The van der Waals surface area contributed by atoms with E-state index in [1.54, 1.807) is 0 Å². The molecule has 0 spiro atoms. The third-order valence-corrected chi connectivity index (χ3v) is 5.78. The molecule has 0 aromatic heterocycles. The Morgan fingerprint density at radius 1 is 1.40 bits per heavy atom. The molecule has 2 fully saturated rings. The normalized spacial score (nSPS) is 30.7. The summed E-state index contributed by atoms with van der Waals surface area (Å²) in [5.41, 5.74) is 2.15. The standard InChI is InChI=1S/C18H24BNO5/c1-10-3-2-4-13-11(9-24-17(10)13)7-16(19(22)23)20-18(21)14-8-12-5-6-15(14)25-12/h2-4,11-12,14-16,22-23H,5-9H2,1H3,(H,20,21)/t11-,12+,14?,15-,16-/m0/s1. The molecule has 1 aromatic rings. The van der Waals surface area contributed by atoms with Crippen LogP contribution in [0.3, 0.4) is 0 Å². The molecule has 5 atom stereocenters. The smallest absolute Gasteiger partial charge is 0.475 e. The first-order chi connectivity index (χ1) is 12.0. The Morgan fingerprint density at radius 2 is 2.24 bits per heavy atom. The fourth-order valence-corrected chi connectivity index (χ4v) is 4.43. The summed E-state index contributed by atoms with van der Waals surface area (Å²) in [6.45, 7) is 2.49. The van der Waals surface area contributed by atoms with E-state index in [9.17, 15) is 14.8 Å². The number of carbonyl (C=O) groups is 1. The van der Waals surface area contributed by atoms with E-state index in [1.807, 2.05) is 25.1 Å². The number of fused-ring (bicyclic) bond motifs is 3. The van der Waals surface area contributed by atoms with Crippen molar-refractivity contribution in [3.05, 3.63) is 29.3 Å². The first kappa shape index (κ1) is 16.9. The number of ether oxygens (including phenoxy) is 2. The van der Waals surface area contributed by atoms with Gasteiger partial charge in [0.15, 0.2) is 0 Å². The van der Waals surface area contributed by atoms with Crippen LogP contribution in [-0.2, 0) is 9.53 Å². The van der Waals surface area contributed by atoms with E-state index in [1.165, 1.54) is 0 Å². The fourth-order valence-electron chi connectivity index (χ4n) is 4.43. The van der Waals surface area contributed by atoms with Crippen LogP contribution in [0.5, 0.6) is 5.75 Å². The van der Waals surface area contributed by atoms with Crippen LogP contribution in [-0.4, -0.2) is 47.8 Å². The number of para-hydroxylation sites is 1. The molecule has 3 heterocycles. The summed E-state index contributed by atoms with van der Waals surface area (Å²) in [4.78, 5) is 12.6. The van der Waals surface area contributed by atoms with Crippen LogP contribution in [0.25, 0.3) is 0 Å². The minimum absolute atomic E-state index is 0.0142. The van der Waals surface area contributed by atoms with Gasteiger partial charge in [0.25, 0.3) is 0 Å². The van der Waals surface area contributed by atoms with Crippen LogP contribution in [0.15, 0.2) is 18.2 Å². The van der Waals surface area contributed by atoms with E-state index in [4.69, 9.17) is 9.47 Å². The zero-order valence-electron chi connectivity index (χ0n) is 14.4. The van der Waals surface area contributed by atoms with Crippen LogP contribution in [0.4, 0.5) is 0 Å². The Hall–Kier alpha value is -1.57. The summed E-state index contributed by atoms with van der Waals surface area (Å²) in [5.74, 6) is -0.0977. The van der Waals surface area contributed by atoms with E-state index in [2.05, 4.69) is 5.32 Å². The number of nitrogens with one attached hydrogen (secondary N) is 1. The lowest BCUT2D eigenvalue weighted by Gasteiger charge is -2.24. The lowest BCUT2D eigenvalue weighted by atomic mass is 9.73. The first-order valence-corrected chi connectivity index (χ1v) is 9.07. The fraction of sp³-hybridized carbons (Fsp3) is 0.611. The summed E-state index contributed by atoms with van der Waals surface area (Å²) < 4.78 is 11.5.